The molecule has 0 aliphatic rings. The van der Waals surface area contributed by atoms with Gasteiger partial charge in [0, 0.05) is 5.69 Å². The van der Waals surface area contributed by atoms with Gasteiger partial charge >= 0.3 is 0 Å². The van der Waals surface area contributed by atoms with Crippen molar-refractivity contribution in [2.45, 2.75) is 11.8 Å². The first-order chi connectivity index (χ1) is 10.3. The number of rotatable bonds is 4. The molecular formula is C15H13Cl2NO3S. The second-order valence-corrected chi connectivity index (χ2v) is 7.55. The van der Waals surface area contributed by atoms with Crippen LogP contribution in [0.1, 0.15) is 17.3 Å². The van der Waals surface area contributed by atoms with Crippen LogP contribution in [0.2, 0.25) is 10.0 Å². The molecule has 0 saturated carbocycles. The number of benzene rings is 2. The molecular weight excluding hydrogens is 345 g/mol. The molecule has 2 rings (SSSR count). The zero-order chi connectivity index (χ0) is 16.3. The highest BCUT2D eigenvalue weighted by molar-refractivity contribution is 7.91. The van der Waals surface area contributed by atoms with E-state index in [1.807, 2.05) is 0 Å². The first kappa shape index (κ1) is 16.8. The molecule has 0 radical (unpaired) electrons. The van der Waals surface area contributed by atoms with E-state index in [4.69, 9.17) is 23.2 Å². The number of amides is 1. The molecule has 0 heterocycles. The summed E-state index contributed by atoms with van der Waals surface area (Å²) in [6.45, 7) is 1.58. The number of hydrogen-bond acceptors (Lipinski definition) is 3. The molecule has 0 saturated heterocycles. The minimum Gasteiger partial charge on any atom is -0.322 e. The van der Waals surface area contributed by atoms with Crippen molar-refractivity contribution in [2.75, 3.05) is 11.1 Å². The molecule has 1 amide bonds. The summed E-state index contributed by atoms with van der Waals surface area (Å²) in [5, 5.41) is 3.11. The zero-order valence-electron chi connectivity index (χ0n) is 11.6. The molecule has 2 aromatic carbocycles. The fraction of sp³-hybridized carbons (Fsp3) is 0.133. The van der Waals surface area contributed by atoms with E-state index in [-0.39, 0.29) is 21.2 Å². The summed E-state index contributed by atoms with van der Waals surface area (Å²) in [5.74, 6) is -0.393. The van der Waals surface area contributed by atoms with Crippen LogP contribution >= 0.6 is 23.2 Å². The minimum absolute atomic E-state index is 0.0246. The molecule has 0 aromatic heterocycles. The van der Waals surface area contributed by atoms with E-state index >= 15 is 0 Å². The quantitative estimate of drug-likeness (QED) is 0.897. The van der Waals surface area contributed by atoms with Gasteiger partial charge in [-0.1, -0.05) is 36.2 Å². The highest BCUT2D eigenvalue weighted by Crippen LogP contribution is 2.26. The molecule has 116 valence electrons. The molecule has 0 atom stereocenters. The maximum Gasteiger partial charge on any atom is 0.257 e. The zero-order valence-corrected chi connectivity index (χ0v) is 14.0. The Bertz CT molecular complexity index is 802. The first-order valence-corrected chi connectivity index (χ1v) is 8.84. The lowest BCUT2D eigenvalue weighted by molar-refractivity contribution is 0.102. The third kappa shape index (κ3) is 3.61. The van der Waals surface area contributed by atoms with Gasteiger partial charge in [-0.05, 0) is 36.4 Å². The van der Waals surface area contributed by atoms with Crippen molar-refractivity contribution in [1.29, 1.82) is 0 Å². The lowest BCUT2D eigenvalue weighted by Gasteiger charge is -2.08. The Labute approximate surface area is 139 Å². The molecule has 2 aromatic rings. The van der Waals surface area contributed by atoms with E-state index in [9.17, 15) is 13.2 Å². The van der Waals surface area contributed by atoms with Crippen LogP contribution in [0.15, 0.2) is 47.4 Å². The largest absolute Gasteiger partial charge is 0.322 e. The third-order valence-corrected chi connectivity index (χ3v) is 5.62. The summed E-state index contributed by atoms with van der Waals surface area (Å²) in [5.41, 5.74) is 0.718. The van der Waals surface area contributed by atoms with Gasteiger partial charge in [0.05, 0.1) is 26.3 Å². The molecule has 1 N–H and O–H groups in total. The topological polar surface area (TPSA) is 63.2 Å². The minimum atomic E-state index is -3.26. The van der Waals surface area contributed by atoms with Gasteiger partial charge in [-0.25, -0.2) is 8.42 Å². The Morgan fingerprint density at radius 1 is 1.09 bits per heavy atom. The van der Waals surface area contributed by atoms with Crippen LogP contribution < -0.4 is 5.32 Å². The van der Waals surface area contributed by atoms with Crippen LogP contribution in [0.3, 0.4) is 0 Å². The summed E-state index contributed by atoms with van der Waals surface area (Å²) in [4.78, 5) is 12.4. The standard InChI is InChI=1S/C15H13Cl2NO3S/c1-2-22(20,21)11-8-6-10(7-9-11)18-15(19)12-4-3-5-13(16)14(12)17/h3-9H,2H2,1H3,(H,18,19). The monoisotopic (exact) mass is 357 g/mol. The fourth-order valence-corrected chi connectivity index (χ4v) is 3.06. The van der Waals surface area contributed by atoms with Crippen molar-refractivity contribution in [2.24, 2.45) is 0 Å². The van der Waals surface area contributed by atoms with E-state index in [0.717, 1.165) is 0 Å². The van der Waals surface area contributed by atoms with E-state index in [1.54, 1.807) is 25.1 Å². The highest BCUT2D eigenvalue weighted by atomic mass is 35.5. The van der Waals surface area contributed by atoms with Gasteiger partial charge in [0.1, 0.15) is 0 Å². The number of carbonyl (C=O) groups excluding carboxylic acids is 1. The average Bonchev–Trinajstić information content (AvgIpc) is 2.50. The van der Waals surface area contributed by atoms with Crippen LogP contribution in [0.25, 0.3) is 0 Å². The van der Waals surface area contributed by atoms with Crippen molar-refractivity contribution >= 4 is 44.6 Å². The summed E-state index contributed by atoms with van der Waals surface area (Å²) >= 11 is 11.9. The van der Waals surface area contributed by atoms with E-state index in [0.29, 0.717) is 10.7 Å². The van der Waals surface area contributed by atoms with Gasteiger partial charge in [-0.3, -0.25) is 4.79 Å². The molecule has 7 heteroatoms. The SMILES string of the molecule is CCS(=O)(=O)c1ccc(NC(=O)c2cccc(Cl)c2Cl)cc1. The summed E-state index contributed by atoms with van der Waals surface area (Å²) in [7, 11) is -3.26. The molecule has 0 fully saturated rings. The van der Waals surface area contributed by atoms with Crippen molar-refractivity contribution in [3.8, 4) is 0 Å². The number of halogens is 2. The van der Waals surface area contributed by atoms with Gasteiger partial charge in [-0.2, -0.15) is 0 Å². The highest BCUT2D eigenvalue weighted by Gasteiger charge is 2.14. The maximum absolute atomic E-state index is 12.2. The third-order valence-electron chi connectivity index (χ3n) is 3.05. The van der Waals surface area contributed by atoms with Crippen LogP contribution in [0, 0.1) is 0 Å². The van der Waals surface area contributed by atoms with Crippen molar-refractivity contribution in [3.05, 3.63) is 58.1 Å². The molecule has 0 aliphatic carbocycles. The number of hydrogen-bond donors (Lipinski definition) is 1. The predicted molar refractivity (Wildman–Crippen MR) is 88.6 cm³/mol. The van der Waals surface area contributed by atoms with Gasteiger partial charge in [0.15, 0.2) is 9.84 Å². The lowest BCUT2D eigenvalue weighted by Crippen LogP contribution is -2.12. The lowest BCUT2D eigenvalue weighted by atomic mass is 10.2. The molecule has 0 unspecified atom stereocenters. The number of anilines is 1. The number of carbonyl (C=O) groups is 1. The molecule has 0 aliphatic heterocycles. The summed E-state index contributed by atoms with van der Waals surface area (Å²) in [6.07, 6.45) is 0. The van der Waals surface area contributed by atoms with Crippen molar-refractivity contribution in [3.63, 3.8) is 0 Å². The normalized spacial score (nSPS) is 11.2. The van der Waals surface area contributed by atoms with Crippen molar-refractivity contribution in [1.82, 2.24) is 0 Å². The Morgan fingerprint density at radius 3 is 2.32 bits per heavy atom. The van der Waals surface area contributed by atoms with Gasteiger partial charge < -0.3 is 5.32 Å². The van der Waals surface area contributed by atoms with Crippen LogP contribution in [0.4, 0.5) is 5.69 Å². The van der Waals surface area contributed by atoms with E-state index < -0.39 is 15.7 Å². The van der Waals surface area contributed by atoms with Crippen LogP contribution in [-0.4, -0.2) is 20.1 Å². The Balaban J connectivity index is 2.21. The maximum atomic E-state index is 12.2. The Hall–Kier alpha value is -1.56. The van der Waals surface area contributed by atoms with Crippen LogP contribution in [0.5, 0.6) is 0 Å². The van der Waals surface area contributed by atoms with E-state index in [2.05, 4.69) is 5.32 Å². The Morgan fingerprint density at radius 2 is 1.73 bits per heavy atom. The first-order valence-electron chi connectivity index (χ1n) is 6.43. The molecule has 4 nitrogen and oxygen atoms in total. The molecule has 22 heavy (non-hydrogen) atoms. The Kier molecular flexibility index (Phi) is 5.11. The molecule has 0 spiro atoms. The van der Waals surface area contributed by atoms with E-state index in [1.165, 1.54) is 24.3 Å². The summed E-state index contributed by atoms with van der Waals surface area (Å²) < 4.78 is 23.4. The van der Waals surface area contributed by atoms with Gasteiger partial charge in [0.2, 0.25) is 0 Å². The second kappa shape index (κ2) is 6.69. The van der Waals surface area contributed by atoms with Gasteiger partial charge in [0.25, 0.3) is 5.91 Å². The average molecular weight is 358 g/mol. The fourth-order valence-electron chi connectivity index (χ4n) is 1.79. The second-order valence-electron chi connectivity index (χ2n) is 4.48. The van der Waals surface area contributed by atoms with Gasteiger partial charge in [-0.15, -0.1) is 0 Å². The molecule has 0 bridgehead atoms. The predicted octanol–water partition coefficient (Wildman–Crippen LogP) is 4.04. The van der Waals surface area contributed by atoms with Crippen LogP contribution in [-0.2, 0) is 9.84 Å². The smallest absolute Gasteiger partial charge is 0.257 e. The summed E-state index contributed by atoms with van der Waals surface area (Å²) in [6, 6.07) is 10.7. The van der Waals surface area contributed by atoms with Crippen molar-refractivity contribution < 1.29 is 13.2 Å². The number of nitrogens with one attached hydrogen (secondary N) is 1. The number of sulfone groups is 1.